The van der Waals surface area contributed by atoms with E-state index in [1.54, 1.807) is 0 Å². The average Bonchev–Trinajstić information content (AvgIpc) is 2.52. The fourth-order valence-electron chi connectivity index (χ4n) is 2.28. The predicted molar refractivity (Wildman–Crippen MR) is 85.9 cm³/mol. The number of hydrazine groups is 1. The van der Waals surface area contributed by atoms with Crippen LogP contribution in [0.2, 0.25) is 0 Å². The van der Waals surface area contributed by atoms with Crippen molar-refractivity contribution in [2.24, 2.45) is 5.84 Å². The Morgan fingerprint density at radius 3 is 2.71 bits per heavy atom. The van der Waals surface area contributed by atoms with Gasteiger partial charge in [-0.2, -0.15) is 4.98 Å². The number of rotatable bonds is 4. The molecule has 0 amide bonds. The minimum Gasteiger partial charge on any atom is -0.365 e. The Labute approximate surface area is 123 Å². The number of nitrogen functional groups attached to an aromatic ring is 1. The van der Waals surface area contributed by atoms with E-state index >= 15 is 0 Å². The molecule has 0 bridgehead atoms. The molecule has 0 aliphatic rings. The Hall–Kier alpha value is -2.66. The molecule has 3 aromatic rings. The molecule has 1 aromatic heterocycles. The molecular weight excluding hydrogens is 262 g/mol. The Morgan fingerprint density at radius 1 is 1.05 bits per heavy atom. The van der Waals surface area contributed by atoms with Gasteiger partial charge in [0.25, 0.3) is 0 Å². The lowest BCUT2D eigenvalue weighted by Crippen LogP contribution is -2.12. The van der Waals surface area contributed by atoms with Gasteiger partial charge in [-0.05, 0) is 24.6 Å². The van der Waals surface area contributed by atoms with Crippen molar-refractivity contribution in [2.75, 3.05) is 10.7 Å². The first-order valence-electron chi connectivity index (χ1n) is 6.79. The zero-order valence-corrected chi connectivity index (χ0v) is 11.8. The van der Waals surface area contributed by atoms with Crippen LogP contribution in [0.15, 0.2) is 48.5 Å². The zero-order valence-electron chi connectivity index (χ0n) is 11.8. The van der Waals surface area contributed by atoms with Gasteiger partial charge < -0.3 is 5.32 Å². The minimum atomic E-state index is 0.403. The van der Waals surface area contributed by atoms with Gasteiger partial charge in [-0.3, -0.25) is 5.43 Å². The van der Waals surface area contributed by atoms with E-state index < -0.39 is 0 Å². The first kappa shape index (κ1) is 13.3. The lowest BCUT2D eigenvalue weighted by Gasteiger charge is -2.10. The molecule has 0 saturated heterocycles. The summed E-state index contributed by atoms with van der Waals surface area (Å²) in [6, 6.07) is 16.2. The van der Waals surface area contributed by atoms with Gasteiger partial charge in [0.2, 0.25) is 5.95 Å². The first-order valence-corrected chi connectivity index (χ1v) is 6.79. The number of anilines is 2. The molecule has 0 aliphatic carbocycles. The molecule has 0 spiro atoms. The molecule has 1 heterocycles. The van der Waals surface area contributed by atoms with Crippen LogP contribution in [-0.4, -0.2) is 9.97 Å². The monoisotopic (exact) mass is 279 g/mol. The minimum absolute atomic E-state index is 0.403. The molecule has 5 nitrogen and oxygen atoms in total. The van der Waals surface area contributed by atoms with Gasteiger partial charge in [0.15, 0.2) is 0 Å². The first-order chi connectivity index (χ1) is 10.3. The SMILES string of the molecule is Cc1cccc(CNc2nc(NN)nc3ccccc23)c1. The third-order valence-electron chi connectivity index (χ3n) is 3.27. The van der Waals surface area contributed by atoms with Crippen LogP contribution in [0.4, 0.5) is 11.8 Å². The van der Waals surface area contributed by atoms with Crippen molar-refractivity contribution in [3.05, 3.63) is 59.7 Å². The topological polar surface area (TPSA) is 75.9 Å². The molecule has 0 radical (unpaired) electrons. The summed E-state index contributed by atoms with van der Waals surface area (Å²) in [7, 11) is 0. The summed E-state index contributed by atoms with van der Waals surface area (Å²) in [6.45, 7) is 2.78. The number of aromatic nitrogens is 2. The molecule has 106 valence electrons. The van der Waals surface area contributed by atoms with Gasteiger partial charge in [0.05, 0.1) is 5.52 Å². The van der Waals surface area contributed by atoms with Gasteiger partial charge in [-0.25, -0.2) is 10.8 Å². The van der Waals surface area contributed by atoms with E-state index in [0.29, 0.717) is 12.5 Å². The highest BCUT2D eigenvalue weighted by Gasteiger charge is 2.06. The van der Waals surface area contributed by atoms with Gasteiger partial charge in [-0.15, -0.1) is 0 Å². The van der Waals surface area contributed by atoms with Gasteiger partial charge in [0.1, 0.15) is 5.82 Å². The van der Waals surface area contributed by atoms with Crippen LogP contribution in [0, 0.1) is 6.92 Å². The van der Waals surface area contributed by atoms with Crippen molar-refractivity contribution < 1.29 is 0 Å². The lowest BCUT2D eigenvalue weighted by atomic mass is 10.1. The summed E-state index contributed by atoms with van der Waals surface area (Å²) < 4.78 is 0. The zero-order chi connectivity index (χ0) is 14.7. The Balaban J connectivity index is 1.92. The molecule has 5 heteroatoms. The van der Waals surface area contributed by atoms with Crippen LogP contribution in [0.1, 0.15) is 11.1 Å². The van der Waals surface area contributed by atoms with Crippen LogP contribution in [0.5, 0.6) is 0 Å². The second-order valence-electron chi connectivity index (χ2n) is 4.90. The highest BCUT2D eigenvalue weighted by molar-refractivity contribution is 5.89. The number of aryl methyl sites for hydroxylation is 1. The molecule has 4 N–H and O–H groups in total. The van der Waals surface area contributed by atoms with Crippen LogP contribution in [0.25, 0.3) is 10.9 Å². The van der Waals surface area contributed by atoms with Crippen molar-refractivity contribution >= 4 is 22.7 Å². The highest BCUT2D eigenvalue weighted by atomic mass is 15.3. The quantitative estimate of drug-likeness (QED) is 0.506. The van der Waals surface area contributed by atoms with Crippen molar-refractivity contribution in [1.82, 2.24) is 9.97 Å². The molecule has 21 heavy (non-hydrogen) atoms. The van der Waals surface area contributed by atoms with Crippen molar-refractivity contribution in [1.29, 1.82) is 0 Å². The fourth-order valence-corrected chi connectivity index (χ4v) is 2.28. The number of benzene rings is 2. The van der Waals surface area contributed by atoms with Crippen LogP contribution < -0.4 is 16.6 Å². The number of hydrogen-bond donors (Lipinski definition) is 3. The maximum atomic E-state index is 5.43. The van der Waals surface area contributed by atoms with Crippen LogP contribution in [-0.2, 0) is 6.54 Å². The van der Waals surface area contributed by atoms with Gasteiger partial charge in [-0.1, -0.05) is 42.0 Å². The molecule has 2 aromatic carbocycles. The van der Waals surface area contributed by atoms with Gasteiger partial charge in [0, 0.05) is 11.9 Å². The third kappa shape index (κ3) is 2.93. The standard InChI is InChI=1S/C16H17N5/c1-11-5-4-6-12(9-11)10-18-15-13-7-2-3-8-14(13)19-16(20-15)21-17/h2-9H,10,17H2,1H3,(H2,18,19,20,21). The van der Waals surface area contributed by atoms with E-state index in [-0.39, 0.29) is 0 Å². The maximum absolute atomic E-state index is 5.43. The number of nitrogens with two attached hydrogens (primary N) is 1. The average molecular weight is 279 g/mol. The van der Waals surface area contributed by atoms with Crippen LogP contribution >= 0.6 is 0 Å². The Bertz CT molecular complexity index is 769. The van der Waals surface area contributed by atoms with E-state index in [9.17, 15) is 0 Å². The summed E-state index contributed by atoms with van der Waals surface area (Å²) >= 11 is 0. The molecule has 0 atom stereocenters. The molecule has 3 rings (SSSR count). The number of hydrogen-bond acceptors (Lipinski definition) is 5. The van der Waals surface area contributed by atoms with E-state index in [0.717, 1.165) is 16.7 Å². The Morgan fingerprint density at radius 2 is 1.90 bits per heavy atom. The normalized spacial score (nSPS) is 10.6. The Kier molecular flexibility index (Phi) is 3.66. The largest absolute Gasteiger partial charge is 0.365 e. The summed E-state index contributed by atoms with van der Waals surface area (Å²) in [6.07, 6.45) is 0. The van der Waals surface area contributed by atoms with E-state index in [1.807, 2.05) is 24.3 Å². The lowest BCUT2D eigenvalue weighted by molar-refractivity contribution is 1.09. The summed E-state index contributed by atoms with van der Waals surface area (Å²) in [4.78, 5) is 8.73. The second kappa shape index (κ2) is 5.76. The molecule has 0 fully saturated rings. The predicted octanol–water partition coefficient (Wildman–Crippen LogP) is 2.84. The summed E-state index contributed by atoms with van der Waals surface area (Å²) in [5.41, 5.74) is 5.81. The molecule has 0 aliphatic heterocycles. The fraction of sp³-hybridized carbons (Fsp3) is 0.125. The number of nitrogens with one attached hydrogen (secondary N) is 2. The van der Waals surface area contributed by atoms with Crippen molar-refractivity contribution in [2.45, 2.75) is 13.5 Å². The third-order valence-corrected chi connectivity index (χ3v) is 3.27. The second-order valence-corrected chi connectivity index (χ2v) is 4.90. The van der Waals surface area contributed by atoms with E-state index in [1.165, 1.54) is 11.1 Å². The van der Waals surface area contributed by atoms with E-state index in [2.05, 4.69) is 51.9 Å². The summed E-state index contributed by atoms with van der Waals surface area (Å²) in [5.74, 6) is 6.61. The van der Waals surface area contributed by atoms with Crippen molar-refractivity contribution in [3.8, 4) is 0 Å². The molecule has 0 saturated carbocycles. The van der Waals surface area contributed by atoms with Crippen LogP contribution in [0.3, 0.4) is 0 Å². The summed E-state index contributed by atoms with van der Waals surface area (Å²) in [5, 5.41) is 4.34. The highest BCUT2D eigenvalue weighted by Crippen LogP contribution is 2.22. The van der Waals surface area contributed by atoms with E-state index in [4.69, 9.17) is 5.84 Å². The van der Waals surface area contributed by atoms with Crippen molar-refractivity contribution in [3.63, 3.8) is 0 Å². The number of para-hydroxylation sites is 1. The number of fused-ring (bicyclic) bond motifs is 1. The molecule has 0 unspecified atom stereocenters. The maximum Gasteiger partial charge on any atom is 0.239 e. The number of nitrogens with zero attached hydrogens (tertiary/aromatic N) is 2. The smallest absolute Gasteiger partial charge is 0.239 e. The molecular formula is C16H17N5. The van der Waals surface area contributed by atoms with Gasteiger partial charge >= 0.3 is 0 Å².